The number of hydrogen-bond donors (Lipinski definition) is 0. The van der Waals surface area contributed by atoms with Crippen LogP contribution in [-0.2, 0) is 14.3 Å². The van der Waals surface area contributed by atoms with Crippen molar-refractivity contribution in [3.63, 3.8) is 0 Å². The summed E-state index contributed by atoms with van der Waals surface area (Å²) >= 11 is 5.92. The predicted molar refractivity (Wildman–Crippen MR) is 100.0 cm³/mol. The van der Waals surface area contributed by atoms with Crippen molar-refractivity contribution in [2.24, 2.45) is 0 Å². The number of esters is 1. The van der Waals surface area contributed by atoms with E-state index in [2.05, 4.69) is 4.90 Å². The van der Waals surface area contributed by atoms with Gasteiger partial charge in [0.2, 0.25) is 5.91 Å². The minimum absolute atomic E-state index is 0.146. The highest BCUT2D eigenvalue weighted by atomic mass is 35.5. The summed E-state index contributed by atoms with van der Waals surface area (Å²) in [6.07, 6.45) is 3.51. The Balaban J connectivity index is 1.62. The highest BCUT2D eigenvalue weighted by Crippen LogP contribution is 2.19. The third kappa shape index (κ3) is 6.58. The average Bonchev–Trinajstić information content (AvgIpc) is 2.62. The van der Waals surface area contributed by atoms with Crippen LogP contribution < -0.4 is 4.90 Å². The smallest absolute Gasteiger partial charge is 0.305 e. The lowest BCUT2D eigenvalue weighted by Crippen LogP contribution is -2.48. The molecule has 0 spiro atoms. The minimum Gasteiger partial charge on any atom is -0.466 e. The van der Waals surface area contributed by atoms with E-state index in [0.717, 1.165) is 56.2 Å². The van der Waals surface area contributed by atoms with Gasteiger partial charge in [-0.15, -0.1) is 0 Å². The number of anilines is 1. The number of halogens is 1. The van der Waals surface area contributed by atoms with E-state index >= 15 is 0 Å². The van der Waals surface area contributed by atoms with E-state index < -0.39 is 0 Å². The summed E-state index contributed by atoms with van der Waals surface area (Å²) in [5, 5.41) is 0.737. The maximum Gasteiger partial charge on any atom is 0.305 e. The number of carbonyl (C=O) groups excluding carboxylic acids is 2. The van der Waals surface area contributed by atoms with Crippen molar-refractivity contribution in [3.05, 3.63) is 29.3 Å². The molecule has 6 heteroatoms. The van der Waals surface area contributed by atoms with Crippen LogP contribution in [0.1, 0.15) is 39.0 Å². The second-order valence-corrected chi connectivity index (χ2v) is 6.65. The summed E-state index contributed by atoms with van der Waals surface area (Å²) in [4.78, 5) is 27.7. The van der Waals surface area contributed by atoms with Gasteiger partial charge < -0.3 is 14.5 Å². The molecule has 1 aromatic rings. The summed E-state index contributed by atoms with van der Waals surface area (Å²) in [7, 11) is 0. The molecule has 0 atom stereocenters. The zero-order valence-corrected chi connectivity index (χ0v) is 15.6. The molecule has 1 aliphatic rings. The number of carbonyl (C=O) groups is 2. The van der Waals surface area contributed by atoms with Gasteiger partial charge in [-0.1, -0.05) is 18.0 Å². The molecule has 0 bridgehead atoms. The van der Waals surface area contributed by atoms with Crippen molar-refractivity contribution >= 4 is 29.2 Å². The molecule has 1 aliphatic heterocycles. The molecule has 1 aromatic carbocycles. The van der Waals surface area contributed by atoms with Crippen LogP contribution in [-0.4, -0.2) is 49.6 Å². The summed E-state index contributed by atoms with van der Waals surface area (Å²) in [6.45, 7) is 5.43. The van der Waals surface area contributed by atoms with Crippen LogP contribution in [0.15, 0.2) is 24.3 Å². The molecule has 0 radical (unpaired) electrons. The van der Waals surface area contributed by atoms with E-state index in [1.165, 1.54) is 0 Å². The van der Waals surface area contributed by atoms with Crippen molar-refractivity contribution in [2.75, 3.05) is 37.7 Å². The zero-order chi connectivity index (χ0) is 18.1. The first-order valence-electron chi connectivity index (χ1n) is 9.04. The molecule has 5 nitrogen and oxygen atoms in total. The number of hydrogen-bond acceptors (Lipinski definition) is 4. The summed E-state index contributed by atoms with van der Waals surface area (Å²) in [5.41, 5.74) is 1.15. The van der Waals surface area contributed by atoms with Gasteiger partial charge in [0.25, 0.3) is 0 Å². The first-order chi connectivity index (χ1) is 12.1. The van der Waals surface area contributed by atoms with E-state index in [1.54, 1.807) is 0 Å². The summed E-state index contributed by atoms with van der Waals surface area (Å²) in [5.74, 6) is 0.0686. The molecular weight excluding hydrogens is 340 g/mol. The molecule has 138 valence electrons. The van der Waals surface area contributed by atoms with Gasteiger partial charge in [-0.2, -0.15) is 0 Å². The van der Waals surface area contributed by atoms with Gasteiger partial charge in [0.15, 0.2) is 0 Å². The van der Waals surface area contributed by atoms with Crippen molar-refractivity contribution in [2.45, 2.75) is 39.0 Å². The van der Waals surface area contributed by atoms with Crippen LogP contribution in [0.2, 0.25) is 5.02 Å². The Morgan fingerprint density at radius 1 is 1.00 bits per heavy atom. The molecular formula is C19H27ClN2O3. The van der Waals surface area contributed by atoms with E-state index in [-0.39, 0.29) is 11.9 Å². The number of piperazine rings is 1. The molecule has 1 heterocycles. The highest BCUT2D eigenvalue weighted by molar-refractivity contribution is 6.30. The van der Waals surface area contributed by atoms with Crippen LogP contribution in [0.3, 0.4) is 0 Å². The molecule has 0 aliphatic carbocycles. The van der Waals surface area contributed by atoms with Gasteiger partial charge in [-0.05, 0) is 44.0 Å². The average molecular weight is 367 g/mol. The molecule has 1 amide bonds. The number of nitrogens with zero attached hydrogens (tertiary/aromatic N) is 2. The Bertz CT molecular complexity index is 554. The van der Waals surface area contributed by atoms with Crippen molar-refractivity contribution in [1.82, 2.24) is 4.90 Å². The second-order valence-electron chi connectivity index (χ2n) is 6.21. The lowest BCUT2D eigenvalue weighted by molar-refractivity contribution is -0.143. The summed E-state index contributed by atoms with van der Waals surface area (Å²) in [6, 6.07) is 7.82. The van der Waals surface area contributed by atoms with Crippen LogP contribution in [0.25, 0.3) is 0 Å². The number of rotatable bonds is 8. The standard InChI is InChI=1S/C19H27ClN2O3/c1-2-25-19(24)7-5-3-4-6-18(23)22-14-12-21(13-15-22)17-10-8-16(20)9-11-17/h8-11H,2-7,12-15H2,1H3. The van der Waals surface area contributed by atoms with Gasteiger partial charge in [0.1, 0.15) is 0 Å². The number of unbranched alkanes of at least 4 members (excludes halogenated alkanes) is 2. The first-order valence-corrected chi connectivity index (χ1v) is 9.42. The Morgan fingerprint density at radius 3 is 2.28 bits per heavy atom. The fourth-order valence-electron chi connectivity index (χ4n) is 2.98. The normalized spacial score (nSPS) is 14.5. The summed E-state index contributed by atoms with van der Waals surface area (Å²) < 4.78 is 4.89. The third-order valence-corrected chi connectivity index (χ3v) is 4.65. The van der Waals surface area contributed by atoms with Crippen LogP contribution in [0, 0.1) is 0 Å². The topological polar surface area (TPSA) is 49.9 Å². The Kier molecular flexibility index (Phi) is 8.06. The lowest BCUT2D eigenvalue weighted by Gasteiger charge is -2.36. The predicted octanol–water partition coefficient (Wildman–Crippen LogP) is 3.50. The molecule has 1 fully saturated rings. The molecule has 0 N–H and O–H groups in total. The van der Waals surface area contributed by atoms with Crippen molar-refractivity contribution < 1.29 is 14.3 Å². The molecule has 0 saturated carbocycles. The Hall–Kier alpha value is -1.75. The van der Waals surface area contributed by atoms with Gasteiger partial charge in [0, 0.05) is 49.7 Å². The monoisotopic (exact) mass is 366 g/mol. The zero-order valence-electron chi connectivity index (χ0n) is 14.9. The molecule has 1 saturated heterocycles. The molecule has 0 aromatic heterocycles. The van der Waals surface area contributed by atoms with Gasteiger partial charge in [0.05, 0.1) is 6.61 Å². The third-order valence-electron chi connectivity index (χ3n) is 4.40. The lowest BCUT2D eigenvalue weighted by atomic mass is 10.1. The SMILES string of the molecule is CCOC(=O)CCCCCC(=O)N1CCN(c2ccc(Cl)cc2)CC1. The number of benzene rings is 1. The van der Waals surface area contributed by atoms with Crippen LogP contribution >= 0.6 is 11.6 Å². The Morgan fingerprint density at radius 2 is 1.64 bits per heavy atom. The van der Waals surface area contributed by atoms with Gasteiger partial charge >= 0.3 is 5.97 Å². The van der Waals surface area contributed by atoms with E-state index in [1.807, 2.05) is 36.1 Å². The van der Waals surface area contributed by atoms with Gasteiger partial charge in [-0.25, -0.2) is 0 Å². The van der Waals surface area contributed by atoms with Crippen LogP contribution in [0.4, 0.5) is 5.69 Å². The maximum atomic E-state index is 12.3. The second kappa shape index (κ2) is 10.3. The van der Waals surface area contributed by atoms with Crippen molar-refractivity contribution in [1.29, 1.82) is 0 Å². The fourth-order valence-corrected chi connectivity index (χ4v) is 3.11. The van der Waals surface area contributed by atoms with E-state index in [0.29, 0.717) is 19.4 Å². The fraction of sp³-hybridized carbons (Fsp3) is 0.579. The largest absolute Gasteiger partial charge is 0.466 e. The van der Waals surface area contributed by atoms with Gasteiger partial charge in [-0.3, -0.25) is 9.59 Å². The van der Waals surface area contributed by atoms with Crippen molar-refractivity contribution in [3.8, 4) is 0 Å². The number of ether oxygens (including phenoxy) is 1. The molecule has 0 unspecified atom stereocenters. The van der Waals surface area contributed by atoms with E-state index in [4.69, 9.17) is 16.3 Å². The first kappa shape index (κ1) is 19.6. The maximum absolute atomic E-state index is 12.3. The minimum atomic E-state index is -0.146. The number of amides is 1. The highest BCUT2D eigenvalue weighted by Gasteiger charge is 2.20. The van der Waals surface area contributed by atoms with Crippen LogP contribution in [0.5, 0.6) is 0 Å². The molecule has 25 heavy (non-hydrogen) atoms. The quantitative estimate of drug-likeness (QED) is 0.522. The molecule has 2 rings (SSSR count). The Labute approximate surface area is 154 Å². The van der Waals surface area contributed by atoms with E-state index in [9.17, 15) is 9.59 Å².